The molecule has 0 amide bonds. The van der Waals surface area contributed by atoms with Crippen LogP contribution in [0.25, 0.3) is 5.57 Å². The first-order valence-corrected chi connectivity index (χ1v) is 7.47. The second-order valence-corrected chi connectivity index (χ2v) is 6.12. The Morgan fingerprint density at radius 1 is 1.29 bits per heavy atom. The molecule has 0 N–H and O–H groups in total. The van der Waals surface area contributed by atoms with Crippen LogP contribution in [0.15, 0.2) is 47.2 Å². The molecule has 1 saturated carbocycles. The Morgan fingerprint density at radius 3 is 2.76 bits per heavy atom. The van der Waals surface area contributed by atoms with Crippen LogP contribution in [0.4, 0.5) is 0 Å². The molecule has 3 nitrogen and oxygen atoms in total. The topological polar surface area (TPSA) is 35.5 Å². The summed E-state index contributed by atoms with van der Waals surface area (Å²) in [6.45, 7) is 2.04. The molecule has 0 saturated heterocycles. The molecular weight excluding hydrogens is 264 g/mol. The van der Waals surface area contributed by atoms with Crippen molar-refractivity contribution in [2.75, 3.05) is 7.11 Å². The quantitative estimate of drug-likeness (QED) is 0.779. The van der Waals surface area contributed by atoms with Crippen molar-refractivity contribution in [3.05, 3.63) is 52.8 Å². The van der Waals surface area contributed by atoms with Gasteiger partial charge in [0.1, 0.15) is 11.4 Å². The first kappa shape index (κ1) is 12.7. The van der Waals surface area contributed by atoms with Crippen molar-refractivity contribution < 1.29 is 14.3 Å². The number of esters is 1. The summed E-state index contributed by atoms with van der Waals surface area (Å²) in [6.07, 6.45) is 3.26. The summed E-state index contributed by atoms with van der Waals surface area (Å²) in [6, 6.07) is 9.76. The third-order valence-corrected chi connectivity index (χ3v) is 5.07. The minimum Gasteiger partial charge on any atom is -0.496 e. The van der Waals surface area contributed by atoms with Gasteiger partial charge in [-0.3, -0.25) is 0 Å². The maximum Gasteiger partial charge on any atom is 0.340 e. The Bertz CT molecular complexity index is 684. The summed E-state index contributed by atoms with van der Waals surface area (Å²) < 4.78 is 11.5. The molecule has 1 aromatic rings. The van der Waals surface area contributed by atoms with Crippen molar-refractivity contribution in [3.63, 3.8) is 0 Å². The molecule has 0 aromatic heterocycles. The number of hydrogen-bond donors (Lipinski definition) is 0. The van der Waals surface area contributed by atoms with Crippen molar-refractivity contribution in [1.29, 1.82) is 0 Å². The lowest BCUT2D eigenvalue weighted by molar-refractivity contribution is -0.146. The van der Waals surface area contributed by atoms with Crippen molar-refractivity contribution in [3.8, 4) is 0 Å². The number of fused-ring (bicyclic) bond motifs is 3. The lowest BCUT2D eigenvalue weighted by Crippen LogP contribution is -2.33. The molecule has 108 valence electrons. The first-order valence-electron chi connectivity index (χ1n) is 7.47. The molecule has 21 heavy (non-hydrogen) atoms. The van der Waals surface area contributed by atoms with E-state index in [0.29, 0.717) is 5.57 Å². The maximum absolute atomic E-state index is 12.5. The van der Waals surface area contributed by atoms with Crippen molar-refractivity contribution in [1.82, 2.24) is 0 Å². The van der Waals surface area contributed by atoms with Crippen LogP contribution in [0, 0.1) is 5.92 Å². The predicted octanol–water partition coefficient (Wildman–Crippen LogP) is 3.47. The molecule has 1 fully saturated rings. The Kier molecular flexibility index (Phi) is 2.56. The lowest BCUT2D eigenvalue weighted by Gasteiger charge is -2.27. The van der Waals surface area contributed by atoms with Crippen LogP contribution >= 0.6 is 0 Å². The van der Waals surface area contributed by atoms with E-state index in [2.05, 4.69) is 0 Å². The standard InChI is InChI=1S/C18H18O3/c1-18-13-10-6-9-12(13)16(20-2)15(18)14(17(19)21-18)11-7-4-3-5-8-11/h3-5,7-8,13H,6,9-10H2,1-2H3. The molecular formula is C18H18O3. The number of hydrogen-bond acceptors (Lipinski definition) is 3. The molecule has 0 bridgehead atoms. The highest BCUT2D eigenvalue weighted by atomic mass is 16.6. The minimum absolute atomic E-state index is 0.223. The van der Waals surface area contributed by atoms with E-state index in [1.165, 1.54) is 5.57 Å². The fraction of sp³-hybridized carbons (Fsp3) is 0.389. The highest BCUT2D eigenvalue weighted by Crippen LogP contribution is 2.58. The van der Waals surface area contributed by atoms with E-state index in [0.717, 1.165) is 36.2 Å². The van der Waals surface area contributed by atoms with Gasteiger partial charge in [-0.2, -0.15) is 0 Å². The third-order valence-electron chi connectivity index (χ3n) is 5.07. The average molecular weight is 282 g/mol. The molecule has 3 aliphatic rings. The average Bonchev–Trinajstić information content (AvgIpc) is 3.10. The van der Waals surface area contributed by atoms with Crippen LogP contribution in [0.1, 0.15) is 31.7 Å². The van der Waals surface area contributed by atoms with E-state index in [9.17, 15) is 4.79 Å². The number of benzene rings is 1. The summed E-state index contributed by atoms with van der Waals surface area (Å²) in [4.78, 5) is 12.5. The van der Waals surface area contributed by atoms with Gasteiger partial charge < -0.3 is 9.47 Å². The molecule has 2 aliphatic carbocycles. The molecule has 3 heteroatoms. The van der Waals surface area contributed by atoms with Gasteiger partial charge >= 0.3 is 5.97 Å². The Hall–Kier alpha value is -2.03. The molecule has 1 aliphatic heterocycles. The summed E-state index contributed by atoms with van der Waals surface area (Å²) in [5, 5.41) is 0. The minimum atomic E-state index is -0.542. The Morgan fingerprint density at radius 2 is 2.05 bits per heavy atom. The fourth-order valence-corrected chi connectivity index (χ4v) is 4.21. The van der Waals surface area contributed by atoms with Crippen LogP contribution in [0.5, 0.6) is 0 Å². The van der Waals surface area contributed by atoms with Gasteiger partial charge in [-0.1, -0.05) is 30.3 Å². The van der Waals surface area contributed by atoms with E-state index < -0.39 is 5.60 Å². The molecule has 2 atom stereocenters. The van der Waals surface area contributed by atoms with Crippen LogP contribution in [0.3, 0.4) is 0 Å². The number of carbonyl (C=O) groups excluding carboxylic acids is 1. The summed E-state index contributed by atoms with van der Waals surface area (Å²) in [5.41, 5.74) is 3.34. The zero-order valence-corrected chi connectivity index (χ0v) is 12.3. The summed E-state index contributed by atoms with van der Waals surface area (Å²) in [7, 11) is 1.70. The number of rotatable bonds is 2. The zero-order valence-electron chi connectivity index (χ0n) is 12.3. The van der Waals surface area contributed by atoms with Crippen LogP contribution < -0.4 is 0 Å². The number of carbonyl (C=O) groups is 1. The smallest absolute Gasteiger partial charge is 0.340 e. The van der Waals surface area contributed by atoms with E-state index in [1.54, 1.807) is 7.11 Å². The van der Waals surface area contributed by atoms with E-state index >= 15 is 0 Å². The molecule has 2 unspecified atom stereocenters. The van der Waals surface area contributed by atoms with Gasteiger partial charge in [0.25, 0.3) is 0 Å². The summed E-state index contributed by atoms with van der Waals surface area (Å²) >= 11 is 0. The van der Waals surface area contributed by atoms with Gasteiger partial charge in [0, 0.05) is 5.92 Å². The van der Waals surface area contributed by atoms with Gasteiger partial charge in [-0.15, -0.1) is 0 Å². The summed E-state index contributed by atoms with van der Waals surface area (Å²) in [5.74, 6) is 0.955. The van der Waals surface area contributed by atoms with E-state index in [-0.39, 0.29) is 11.9 Å². The van der Waals surface area contributed by atoms with Crippen LogP contribution in [-0.4, -0.2) is 18.7 Å². The second kappa shape index (κ2) is 4.23. The maximum atomic E-state index is 12.5. The van der Waals surface area contributed by atoms with Gasteiger partial charge in [-0.05, 0) is 37.3 Å². The van der Waals surface area contributed by atoms with Gasteiger partial charge in [0.15, 0.2) is 0 Å². The highest BCUT2D eigenvalue weighted by Gasteiger charge is 2.58. The van der Waals surface area contributed by atoms with Crippen molar-refractivity contribution in [2.24, 2.45) is 5.92 Å². The molecule has 1 heterocycles. The zero-order chi connectivity index (χ0) is 14.6. The predicted molar refractivity (Wildman–Crippen MR) is 79.2 cm³/mol. The first-order chi connectivity index (χ1) is 10.2. The van der Waals surface area contributed by atoms with Gasteiger partial charge in [0.05, 0.1) is 18.3 Å². The second-order valence-electron chi connectivity index (χ2n) is 6.12. The molecule has 0 radical (unpaired) electrons. The van der Waals surface area contributed by atoms with E-state index in [1.807, 2.05) is 37.3 Å². The number of methoxy groups -OCH3 is 1. The Balaban J connectivity index is 1.99. The van der Waals surface area contributed by atoms with Crippen molar-refractivity contribution in [2.45, 2.75) is 31.8 Å². The van der Waals surface area contributed by atoms with Crippen LogP contribution in [0.2, 0.25) is 0 Å². The van der Waals surface area contributed by atoms with E-state index in [4.69, 9.17) is 9.47 Å². The highest BCUT2D eigenvalue weighted by molar-refractivity contribution is 6.21. The van der Waals surface area contributed by atoms with Gasteiger partial charge in [-0.25, -0.2) is 4.79 Å². The van der Waals surface area contributed by atoms with Crippen LogP contribution in [-0.2, 0) is 14.3 Å². The van der Waals surface area contributed by atoms with Crippen molar-refractivity contribution >= 4 is 11.5 Å². The molecule has 0 spiro atoms. The molecule has 1 aromatic carbocycles. The third kappa shape index (κ3) is 1.52. The largest absolute Gasteiger partial charge is 0.496 e. The van der Waals surface area contributed by atoms with Gasteiger partial charge in [0.2, 0.25) is 0 Å². The fourth-order valence-electron chi connectivity index (χ4n) is 4.21. The normalized spacial score (nSPS) is 30.6. The SMILES string of the molecule is COC1=C2CCCC2C2(C)OC(=O)C(c3ccccc3)=C12. The molecule has 4 rings (SSSR count). The lowest BCUT2D eigenvalue weighted by atomic mass is 9.85. The number of ether oxygens (including phenoxy) is 2. The monoisotopic (exact) mass is 282 g/mol. The Labute approximate surface area is 124 Å².